The molecule has 0 N–H and O–H groups in total. The molecule has 2 aromatic carbocycles. The van der Waals surface area contributed by atoms with Gasteiger partial charge in [-0.15, -0.1) is 0 Å². The third-order valence-electron chi connectivity index (χ3n) is 4.12. The van der Waals surface area contributed by atoms with Crippen LogP contribution in [0.25, 0.3) is 10.8 Å². The van der Waals surface area contributed by atoms with Crippen molar-refractivity contribution in [3.8, 4) is 5.75 Å². The minimum atomic E-state index is -4.34. The Bertz CT molecular complexity index is 694. The van der Waals surface area contributed by atoms with Crippen molar-refractivity contribution in [2.45, 2.75) is 11.1 Å². The van der Waals surface area contributed by atoms with Gasteiger partial charge in [-0.3, -0.25) is 0 Å². The summed E-state index contributed by atoms with van der Waals surface area (Å²) in [5.74, 6) is 2.26. The summed E-state index contributed by atoms with van der Waals surface area (Å²) in [4.78, 5) is 1.23. The summed E-state index contributed by atoms with van der Waals surface area (Å²) in [7, 11) is -1.01. The van der Waals surface area contributed by atoms with Crippen molar-refractivity contribution in [1.82, 2.24) is 0 Å². The maximum absolute atomic E-state index is 12.4. The van der Waals surface area contributed by atoms with Crippen LogP contribution in [0.1, 0.15) is 0 Å². The summed E-state index contributed by atoms with van der Waals surface area (Å²) >= 11 is 0. The largest absolute Gasteiger partial charge is 0.483 e. The van der Waals surface area contributed by atoms with E-state index in [1.165, 1.54) is 4.90 Å². The zero-order valence-corrected chi connectivity index (χ0v) is 13.7. The molecule has 0 radical (unpaired) electrons. The topological polar surface area (TPSA) is 18.5 Å². The first kappa shape index (κ1) is 16.5. The number of benzene rings is 2. The van der Waals surface area contributed by atoms with E-state index in [4.69, 9.17) is 9.47 Å². The molecule has 2 aromatic rings. The first-order chi connectivity index (χ1) is 10.9. The molecule has 0 aromatic heterocycles. The lowest BCUT2D eigenvalue weighted by Crippen LogP contribution is -2.23. The third kappa shape index (κ3) is 3.58. The van der Waals surface area contributed by atoms with Gasteiger partial charge in [-0.1, -0.05) is 24.3 Å². The van der Waals surface area contributed by atoms with Crippen LogP contribution in [-0.4, -0.2) is 43.8 Å². The molecule has 0 atom stereocenters. The van der Waals surface area contributed by atoms with Crippen LogP contribution in [-0.2, 0) is 4.74 Å². The smallest absolute Gasteiger partial charge is 0.422 e. The minimum absolute atomic E-state index is 0.289. The normalized spacial score (nSPS) is 19.5. The predicted molar refractivity (Wildman–Crippen MR) is 87.8 cm³/mol. The molecule has 3 rings (SSSR count). The molecule has 0 amide bonds. The maximum Gasteiger partial charge on any atom is 0.422 e. The molecule has 0 unspecified atom stereocenters. The van der Waals surface area contributed by atoms with Crippen molar-refractivity contribution >= 4 is 20.8 Å². The molecule has 1 fully saturated rings. The van der Waals surface area contributed by atoms with E-state index in [0.717, 1.165) is 35.5 Å². The lowest BCUT2D eigenvalue weighted by molar-refractivity contribution is -0.153. The molecular formula is C17H19F3O2S. The number of hydrogen-bond donors (Lipinski definition) is 0. The molecular weight excluding hydrogens is 325 g/mol. The second-order valence-electron chi connectivity index (χ2n) is 5.81. The van der Waals surface area contributed by atoms with Crippen LogP contribution in [0.15, 0.2) is 41.3 Å². The number of ether oxygens (including phenoxy) is 2. The van der Waals surface area contributed by atoms with E-state index in [0.29, 0.717) is 0 Å². The zero-order chi connectivity index (χ0) is 16.5. The highest BCUT2D eigenvalue weighted by molar-refractivity contribution is 8.33. The van der Waals surface area contributed by atoms with E-state index in [-0.39, 0.29) is 5.75 Å². The fourth-order valence-corrected chi connectivity index (χ4v) is 5.59. The highest BCUT2D eigenvalue weighted by Crippen LogP contribution is 2.56. The molecule has 0 spiro atoms. The van der Waals surface area contributed by atoms with Crippen molar-refractivity contribution in [3.63, 3.8) is 0 Å². The van der Waals surface area contributed by atoms with E-state index in [9.17, 15) is 13.2 Å². The van der Waals surface area contributed by atoms with Gasteiger partial charge in [-0.05, 0) is 28.7 Å². The van der Waals surface area contributed by atoms with Gasteiger partial charge in [0, 0.05) is 16.9 Å². The van der Waals surface area contributed by atoms with Gasteiger partial charge in [0.05, 0.1) is 13.2 Å². The molecule has 0 aliphatic carbocycles. The van der Waals surface area contributed by atoms with E-state index < -0.39 is 22.8 Å². The van der Waals surface area contributed by atoms with Crippen LogP contribution in [0.4, 0.5) is 13.2 Å². The number of fused-ring (bicyclic) bond motifs is 1. The van der Waals surface area contributed by atoms with Gasteiger partial charge in [0.25, 0.3) is 0 Å². The van der Waals surface area contributed by atoms with Gasteiger partial charge >= 0.3 is 6.18 Å². The standard InChI is InChI=1S/C17H19F3O2S/c1-23(10-8-21-9-11-23)16-7-6-15(22-12-17(18,19)20)13-4-2-3-5-14(13)16/h2-7H,8-12H2,1H3. The van der Waals surface area contributed by atoms with Gasteiger partial charge in [0.2, 0.25) is 0 Å². The lowest BCUT2D eigenvalue weighted by atomic mass is 10.1. The Kier molecular flexibility index (Phi) is 4.47. The number of alkyl halides is 3. The Hall–Kier alpha value is -1.40. The minimum Gasteiger partial charge on any atom is -0.483 e. The average molecular weight is 344 g/mol. The average Bonchev–Trinajstić information content (AvgIpc) is 2.52. The molecule has 6 heteroatoms. The maximum atomic E-state index is 12.4. The third-order valence-corrected chi connectivity index (χ3v) is 7.68. The van der Waals surface area contributed by atoms with E-state index in [1.54, 1.807) is 6.07 Å². The van der Waals surface area contributed by atoms with Gasteiger partial charge in [-0.2, -0.15) is 13.2 Å². The van der Waals surface area contributed by atoms with E-state index >= 15 is 0 Å². The van der Waals surface area contributed by atoms with E-state index in [1.807, 2.05) is 30.3 Å². The molecule has 1 aliphatic heterocycles. The van der Waals surface area contributed by atoms with Gasteiger partial charge < -0.3 is 9.47 Å². The van der Waals surface area contributed by atoms with Gasteiger partial charge in [-0.25, -0.2) is 10.0 Å². The molecule has 126 valence electrons. The summed E-state index contributed by atoms with van der Waals surface area (Å²) < 4.78 is 47.8. The molecule has 23 heavy (non-hydrogen) atoms. The fourth-order valence-electron chi connectivity index (χ4n) is 2.87. The van der Waals surface area contributed by atoms with Gasteiger partial charge in [0.15, 0.2) is 6.61 Å². The van der Waals surface area contributed by atoms with Crippen LogP contribution >= 0.6 is 10.0 Å². The summed E-state index contributed by atoms with van der Waals surface area (Å²) in [6.45, 7) is 0.216. The number of hydrogen-bond acceptors (Lipinski definition) is 2. The molecule has 0 bridgehead atoms. The Morgan fingerprint density at radius 1 is 1.04 bits per heavy atom. The number of rotatable bonds is 3. The lowest BCUT2D eigenvalue weighted by Gasteiger charge is -2.40. The quantitative estimate of drug-likeness (QED) is 0.810. The Morgan fingerprint density at radius 3 is 2.35 bits per heavy atom. The zero-order valence-electron chi connectivity index (χ0n) is 12.9. The second kappa shape index (κ2) is 6.24. The molecule has 2 nitrogen and oxygen atoms in total. The Labute approximate surface area is 134 Å². The Morgan fingerprint density at radius 2 is 1.70 bits per heavy atom. The molecule has 1 aliphatic rings. The monoisotopic (exact) mass is 344 g/mol. The molecule has 0 saturated carbocycles. The van der Waals surface area contributed by atoms with Crippen molar-refractivity contribution < 1.29 is 22.6 Å². The first-order valence-electron chi connectivity index (χ1n) is 7.42. The van der Waals surface area contributed by atoms with Gasteiger partial charge in [0.1, 0.15) is 5.75 Å². The van der Waals surface area contributed by atoms with Crippen molar-refractivity contribution in [3.05, 3.63) is 36.4 Å². The highest BCUT2D eigenvalue weighted by atomic mass is 32.3. The predicted octanol–water partition coefficient (Wildman–Crippen LogP) is 4.60. The summed E-state index contributed by atoms with van der Waals surface area (Å²) in [5, 5.41) is 1.74. The van der Waals surface area contributed by atoms with Crippen molar-refractivity contribution in [1.29, 1.82) is 0 Å². The van der Waals surface area contributed by atoms with Crippen LogP contribution < -0.4 is 4.74 Å². The van der Waals surface area contributed by atoms with Crippen molar-refractivity contribution in [2.75, 3.05) is 37.6 Å². The Balaban J connectivity index is 2.02. The SMILES string of the molecule is CS1(c2ccc(OCC(F)(F)F)c3ccccc23)CCOCC1. The first-order valence-corrected chi connectivity index (χ1v) is 9.80. The van der Waals surface area contributed by atoms with Crippen LogP contribution in [0.2, 0.25) is 0 Å². The summed E-state index contributed by atoms with van der Waals surface area (Å²) in [5.41, 5.74) is 0. The van der Waals surface area contributed by atoms with Crippen LogP contribution in [0.5, 0.6) is 5.75 Å². The second-order valence-corrected chi connectivity index (χ2v) is 9.61. The highest BCUT2D eigenvalue weighted by Gasteiger charge is 2.30. The molecule has 1 saturated heterocycles. The van der Waals surface area contributed by atoms with Crippen LogP contribution in [0, 0.1) is 0 Å². The number of halogens is 3. The summed E-state index contributed by atoms with van der Waals surface area (Å²) in [6.07, 6.45) is -2.06. The van der Waals surface area contributed by atoms with E-state index in [2.05, 4.69) is 6.26 Å². The summed E-state index contributed by atoms with van der Waals surface area (Å²) in [6, 6.07) is 11.2. The van der Waals surface area contributed by atoms with Crippen molar-refractivity contribution in [2.24, 2.45) is 0 Å². The molecule has 1 heterocycles. The van der Waals surface area contributed by atoms with Crippen LogP contribution in [0.3, 0.4) is 0 Å². The fraction of sp³-hybridized carbons (Fsp3) is 0.412.